The van der Waals surface area contributed by atoms with Crippen LogP contribution in [0.3, 0.4) is 0 Å². The van der Waals surface area contributed by atoms with Crippen molar-refractivity contribution in [1.82, 2.24) is 14.8 Å². The van der Waals surface area contributed by atoms with Crippen LogP contribution < -0.4 is 5.73 Å². The Hall–Kier alpha value is -2.96. The Balaban J connectivity index is 2.08. The third-order valence-corrected chi connectivity index (χ3v) is 3.31. The molecule has 2 N–H and O–H groups in total. The van der Waals surface area contributed by atoms with Gasteiger partial charge < -0.3 is 5.73 Å². The van der Waals surface area contributed by atoms with Crippen LogP contribution in [-0.2, 0) is 6.54 Å². The highest BCUT2D eigenvalue weighted by Crippen LogP contribution is 2.24. The summed E-state index contributed by atoms with van der Waals surface area (Å²) < 4.78 is 1.43. The summed E-state index contributed by atoms with van der Waals surface area (Å²) >= 11 is 0. The highest BCUT2D eigenvalue weighted by molar-refractivity contribution is 5.82. The van der Waals surface area contributed by atoms with Crippen LogP contribution >= 0.6 is 0 Å². The summed E-state index contributed by atoms with van der Waals surface area (Å²) in [6.45, 7) is 2.27. The first-order valence-electron chi connectivity index (χ1n) is 6.37. The summed E-state index contributed by atoms with van der Waals surface area (Å²) in [6.07, 6.45) is 1.17. The second-order valence-electron chi connectivity index (χ2n) is 4.77. The predicted molar refractivity (Wildman–Crippen MR) is 78.9 cm³/mol. The van der Waals surface area contributed by atoms with E-state index in [1.54, 1.807) is 0 Å². The van der Waals surface area contributed by atoms with Crippen molar-refractivity contribution < 1.29 is 4.92 Å². The lowest BCUT2D eigenvalue weighted by Crippen LogP contribution is -2.07. The Kier molecular flexibility index (Phi) is 3.02. The van der Waals surface area contributed by atoms with Crippen LogP contribution in [0.4, 0.5) is 11.5 Å². The lowest BCUT2D eigenvalue weighted by molar-refractivity contribution is -0.384. The first kappa shape index (κ1) is 13.0. The number of anilines is 1. The highest BCUT2D eigenvalue weighted by atomic mass is 16.6. The number of fused-ring (bicyclic) bond motifs is 1. The summed E-state index contributed by atoms with van der Waals surface area (Å²) in [4.78, 5) is 14.7. The largest absolute Gasteiger partial charge is 0.378 e. The molecule has 0 aliphatic rings. The molecule has 2 aromatic heterocycles. The average molecular weight is 283 g/mol. The summed E-state index contributed by atoms with van der Waals surface area (Å²) in [5, 5.41) is 15.8. The molecule has 0 atom stereocenters. The van der Waals surface area contributed by atoms with Crippen LogP contribution in [0.15, 0.2) is 36.5 Å². The number of hydrogen-bond acceptors (Lipinski definition) is 5. The summed E-state index contributed by atoms with van der Waals surface area (Å²) in [7, 11) is 0. The Bertz CT molecular complexity index is 840. The monoisotopic (exact) mass is 283 g/mol. The second-order valence-corrected chi connectivity index (χ2v) is 4.77. The minimum absolute atomic E-state index is 0.0542. The zero-order valence-electron chi connectivity index (χ0n) is 11.4. The standard InChI is InChI=1S/C14H13N5O2/c1-9-6-10(11-4-2-3-5-12(11)17-9)8-18-14(15)13(7-16-18)19(20)21/h2-7H,8,15H2,1H3. The van der Waals surface area contributed by atoms with Crippen molar-refractivity contribution in [2.24, 2.45) is 0 Å². The lowest BCUT2D eigenvalue weighted by Gasteiger charge is -2.09. The van der Waals surface area contributed by atoms with Crippen molar-refractivity contribution in [3.63, 3.8) is 0 Å². The molecule has 0 aliphatic heterocycles. The third-order valence-electron chi connectivity index (χ3n) is 3.31. The first-order valence-corrected chi connectivity index (χ1v) is 6.37. The van der Waals surface area contributed by atoms with E-state index < -0.39 is 4.92 Å². The molecule has 0 aliphatic carbocycles. The topological polar surface area (TPSA) is 99.9 Å². The molecule has 0 radical (unpaired) electrons. The van der Waals surface area contributed by atoms with Gasteiger partial charge in [-0.25, -0.2) is 4.68 Å². The van der Waals surface area contributed by atoms with Gasteiger partial charge in [-0.2, -0.15) is 5.10 Å². The Labute approximate surface area is 120 Å². The normalized spacial score (nSPS) is 10.9. The molecule has 7 nitrogen and oxygen atoms in total. The smallest absolute Gasteiger partial charge is 0.330 e. The van der Waals surface area contributed by atoms with Gasteiger partial charge in [0.25, 0.3) is 0 Å². The summed E-state index contributed by atoms with van der Waals surface area (Å²) in [5.41, 5.74) is 8.34. The molecule has 0 fully saturated rings. The van der Waals surface area contributed by atoms with E-state index in [0.29, 0.717) is 6.54 Å². The number of pyridine rings is 1. The van der Waals surface area contributed by atoms with E-state index >= 15 is 0 Å². The molecule has 0 unspecified atom stereocenters. The van der Waals surface area contributed by atoms with Crippen molar-refractivity contribution in [3.8, 4) is 0 Å². The molecule has 0 spiro atoms. The molecule has 3 rings (SSSR count). The predicted octanol–water partition coefficient (Wildman–Crippen LogP) is 2.28. The fourth-order valence-electron chi connectivity index (χ4n) is 2.34. The number of benzene rings is 1. The molecule has 3 aromatic rings. The van der Waals surface area contributed by atoms with Gasteiger partial charge in [0, 0.05) is 11.1 Å². The molecular formula is C14H13N5O2. The van der Waals surface area contributed by atoms with E-state index in [2.05, 4.69) is 10.1 Å². The number of nitro groups is 1. The molecule has 1 aromatic carbocycles. The van der Waals surface area contributed by atoms with Gasteiger partial charge in [0.1, 0.15) is 6.20 Å². The molecule has 7 heteroatoms. The molecule has 2 heterocycles. The molecule has 106 valence electrons. The highest BCUT2D eigenvalue weighted by Gasteiger charge is 2.18. The third kappa shape index (κ3) is 2.29. The van der Waals surface area contributed by atoms with Gasteiger partial charge in [-0.1, -0.05) is 18.2 Å². The van der Waals surface area contributed by atoms with Gasteiger partial charge in [0.2, 0.25) is 5.82 Å². The minimum atomic E-state index is -0.533. The van der Waals surface area contributed by atoms with Crippen LogP contribution in [0.5, 0.6) is 0 Å². The van der Waals surface area contributed by atoms with E-state index in [1.807, 2.05) is 37.3 Å². The van der Waals surface area contributed by atoms with E-state index in [9.17, 15) is 10.1 Å². The zero-order chi connectivity index (χ0) is 15.0. The van der Waals surface area contributed by atoms with Crippen LogP contribution in [0, 0.1) is 17.0 Å². The Morgan fingerprint density at radius 1 is 1.38 bits per heavy atom. The number of aromatic nitrogens is 3. The number of aryl methyl sites for hydroxylation is 1. The summed E-state index contributed by atoms with van der Waals surface area (Å²) in [6, 6.07) is 9.69. The van der Waals surface area contributed by atoms with Crippen LogP contribution in [0.2, 0.25) is 0 Å². The maximum absolute atomic E-state index is 10.8. The van der Waals surface area contributed by atoms with Crippen LogP contribution in [0.1, 0.15) is 11.3 Å². The zero-order valence-corrected chi connectivity index (χ0v) is 11.4. The lowest BCUT2D eigenvalue weighted by atomic mass is 10.1. The molecule has 0 saturated heterocycles. The number of nitrogen functional groups attached to an aromatic ring is 1. The van der Waals surface area contributed by atoms with Gasteiger partial charge in [0.05, 0.1) is 17.0 Å². The number of rotatable bonds is 3. The van der Waals surface area contributed by atoms with E-state index in [-0.39, 0.29) is 11.5 Å². The van der Waals surface area contributed by atoms with Crippen molar-refractivity contribution >= 4 is 22.4 Å². The summed E-state index contributed by atoms with van der Waals surface area (Å²) in [5.74, 6) is 0.0542. The van der Waals surface area contributed by atoms with Crippen molar-refractivity contribution in [1.29, 1.82) is 0 Å². The Morgan fingerprint density at radius 2 is 2.14 bits per heavy atom. The van der Waals surface area contributed by atoms with E-state index in [0.717, 1.165) is 22.2 Å². The molecular weight excluding hydrogens is 270 g/mol. The average Bonchev–Trinajstić information content (AvgIpc) is 2.80. The number of nitrogens with zero attached hydrogens (tertiary/aromatic N) is 4. The number of hydrogen-bond donors (Lipinski definition) is 1. The first-order chi connectivity index (χ1) is 10.1. The number of para-hydroxylation sites is 1. The van der Waals surface area contributed by atoms with Crippen LogP contribution in [-0.4, -0.2) is 19.7 Å². The van der Waals surface area contributed by atoms with Gasteiger partial charge >= 0.3 is 5.69 Å². The van der Waals surface area contributed by atoms with Crippen molar-refractivity contribution in [3.05, 3.63) is 57.9 Å². The van der Waals surface area contributed by atoms with Crippen molar-refractivity contribution in [2.75, 3.05) is 5.73 Å². The number of nitrogens with two attached hydrogens (primary N) is 1. The maximum Gasteiger partial charge on any atom is 0.330 e. The van der Waals surface area contributed by atoms with Gasteiger partial charge in [0.15, 0.2) is 0 Å². The SMILES string of the molecule is Cc1cc(Cn2ncc([N+](=O)[O-])c2N)c2ccccc2n1. The quantitative estimate of drug-likeness (QED) is 0.587. The van der Waals surface area contributed by atoms with Gasteiger partial charge in [-0.05, 0) is 24.6 Å². The van der Waals surface area contributed by atoms with Crippen LogP contribution in [0.25, 0.3) is 10.9 Å². The van der Waals surface area contributed by atoms with E-state index in [1.165, 1.54) is 10.9 Å². The van der Waals surface area contributed by atoms with Crippen molar-refractivity contribution in [2.45, 2.75) is 13.5 Å². The molecule has 0 amide bonds. The molecule has 0 bridgehead atoms. The fourth-order valence-corrected chi connectivity index (χ4v) is 2.34. The Morgan fingerprint density at radius 3 is 2.86 bits per heavy atom. The minimum Gasteiger partial charge on any atom is -0.378 e. The maximum atomic E-state index is 10.8. The molecule has 21 heavy (non-hydrogen) atoms. The van der Waals surface area contributed by atoms with Gasteiger partial charge in [-0.15, -0.1) is 0 Å². The fraction of sp³-hybridized carbons (Fsp3) is 0.143. The second kappa shape index (κ2) is 4.86. The molecule has 0 saturated carbocycles. The van der Waals surface area contributed by atoms with Gasteiger partial charge in [-0.3, -0.25) is 15.1 Å². The van der Waals surface area contributed by atoms with E-state index in [4.69, 9.17) is 5.73 Å².